The van der Waals surface area contributed by atoms with Gasteiger partial charge in [0.1, 0.15) is 6.17 Å². The molecule has 1 N–H and O–H groups in total. The molecule has 0 spiro atoms. The van der Waals surface area contributed by atoms with E-state index in [1.807, 2.05) is 16.8 Å². The van der Waals surface area contributed by atoms with Crippen LogP contribution in [-0.2, 0) is 4.74 Å². The molecule has 4 heterocycles. The molecule has 0 bridgehead atoms. The first kappa shape index (κ1) is 20.6. The van der Waals surface area contributed by atoms with Crippen LogP contribution in [0.5, 0.6) is 0 Å². The maximum Gasteiger partial charge on any atom is 0.227 e. The van der Waals surface area contributed by atoms with Crippen molar-refractivity contribution >= 4 is 45.7 Å². The quantitative estimate of drug-likeness (QED) is 0.573. The molecule has 2 saturated heterocycles. The third-order valence-electron chi connectivity index (χ3n) is 6.68. The number of likely N-dealkylation sites (tertiary alicyclic amines) is 1. The summed E-state index contributed by atoms with van der Waals surface area (Å²) in [6.45, 7) is 2.65. The molecular formula is C22H23Cl2FN6O. The lowest BCUT2D eigenvalue weighted by Gasteiger charge is -2.43. The van der Waals surface area contributed by atoms with Crippen molar-refractivity contribution in [2.45, 2.75) is 43.4 Å². The highest BCUT2D eigenvalue weighted by molar-refractivity contribution is 6.32. The number of fused-ring (bicyclic) bond motifs is 1. The molecule has 3 aliphatic rings. The number of rotatable bonds is 5. The van der Waals surface area contributed by atoms with Gasteiger partial charge in [0, 0.05) is 29.1 Å². The summed E-state index contributed by atoms with van der Waals surface area (Å²) in [7, 11) is 0. The fourth-order valence-corrected chi connectivity index (χ4v) is 5.17. The van der Waals surface area contributed by atoms with E-state index in [4.69, 9.17) is 27.9 Å². The van der Waals surface area contributed by atoms with Crippen molar-refractivity contribution in [1.29, 1.82) is 0 Å². The van der Waals surface area contributed by atoms with Gasteiger partial charge in [0.2, 0.25) is 5.95 Å². The van der Waals surface area contributed by atoms with Crippen molar-refractivity contribution in [3.05, 3.63) is 40.3 Å². The predicted molar refractivity (Wildman–Crippen MR) is 122 cm³/mol. The van der Waals surface area contributed by atoms with Gasteiger partial charge in [-0.25, -0.2) is 19.0 Å². The minimum atomic E-state index is -0.981. The van der Waals surface area contributed by atoms with E-state index >= 15 is 4.39 Å². The van der Waals surface area contributed by atoms with Crippen molar-refractivity contribution in [2.24, 2.45) is 0 Å². The van der Waals surface area contributed by atoms with E-state index in [0.717, 1.165) is 42.3 Å². The van der Waals surface area contributed by atoms with E-state index in [-0.39, 0.29) is 5.92 Å². The van der Waals surface area contributed by atoms with Gasteiger partial charge < -0.3 is 10.1 Å². The molecule has 3 aromatic rings. The first-order valence-corrected chi connectivity index (χ1v) is 11.7. The molecule has 168 valence electrons. The summed E-state index contributed by atoms with van der Waals surface area (Å²) in [5, 5.41) is 9.43. The van der Waals surface area contributed by atoms with E-state index in [2.05, 4.69) is 25.3 Å². The van der Waals surface area contributed by atoms with Gasteiger partial charge in [0.15, 0.2) is 5.15 Å². The average Bonchev–Trinajstić information content (AvgIpc) is 3.51. The molecular weight excluding hydrogens is 454 g/mol. The summed E-state index contributed by atoms with van der Waals surface area (Å²) in [5.41, 5.74) is 2.19. The van der Waals surface area contributed by atoms with E-state index in [1.54, 1.807) is 12.4 Å². The number of nitrogens with zero attached hydrogens (tertiary/aromatic N) is 5. The van der Waals surface area contributed by atoms with Gasteiger partial charge in [-0.3, -0.25) is 4.90 Å². The van der Waals surface area contributed by atoms with E-state index in [9.17, 15) is 0 Å². The Morgan fingerprint density at radius 1 is 1.09 bits per heavy atom. The molecule has 0 amide bonds. The fraction of sp³-hybridized carbons (Fsp3) is 0.500. The number of alkyl halides is 1. The van der Waals surface area contributed by atoms with Crippen molar-refractivity contribution in [2.75, 3.05) is 31.6 Å². The van der Waals surface area contributed by atoms with Crippen LogP contribution in [0.25, 0.3) is 10.9 Å². The summed E-state index contributed by atoms with van der Waals surface area (Å²) < 4.78 is 22.2. The standard InChI is InChI=1S/C22H23Cl2FN6O/c23-17-5-12-7-26-22(29-20-8-27-31(21(20)24)13-1-2-13)28-19(12)6-16(17)15-3-4-30(9-18(15)25)14-10-32-11-14/h5-8,13-15,18H,1-4,9-11H2,(H,26,28,29)/t15-,18+/m0/s1. The molecule has 0 radical (unpaired) electrons. The maximum absolute atomic E-state index is 15.2. The minimum Gasteiger partial charge on any atom is -0.378 e. The SMILES string of the molecule is F[C@@H]1CN(C2COC2)CC[C@H]1c1cc2nc(Nc3cnn(C4CC4)c3Cl)ncc2cc1Cl. The van der Waals surface area contributed by atoms with Gasteiger partial charge in [-0.1, -0.05) is 23.2 Å². The number of benzene rings is 1. The van der Waals surface area contributed by atoms with Crippen molar-refractivity contribution in [3.63, 3.8) is 0 Å². The summed E-state index contributed by atoms with van der Waals surface area (Å²) in [6, 6.07) is 4.46. The Kier molecular flexibility index (Phi) is 5.21. The van der Waals surface area contributed by atoms with Gasteiger partial charge in [0.25, 0.3) is 0 Å². The third-order valence-corrected chi connectivity index (χ3v) is 7.39. The Balaban J connectivity index is 1.25. The lowest BCUT2D eigenvalue weighted by molar-refractivity contribution is -0.0806. The van der Waals surface area contributed by atoms with Crippen LogP contribution in [0.3, 0.4) is 0 Å². The molecule has 32 heavy (non-hydrogen) atoms. The van der Waals surface area contributed by atoms with Crippen LogP contribution in [0.1, 0.15) is 36.8 Å². The van der Waals surface area contributed by atoms with E-state index < -0.39 is 6.17 Å². The molecule has 3 fully saturated rings. The topological polar surface area (TPSA) is 68.1 Å². The lowest BCUT2D eigenvalue weighted by Crippen LogP contribution is -2.54. The minimum absolute atomic E-state index is 0.248. The summed E-state index contributed by atoms with van der Waals surface area (Å²) >= 11 is 13.0. The van der Waals surface area contributed by atoms with E-state index in [1.165, 1.54) is 0 Å². The number of aromatic nitrogens is 4. The molecule has 2 aromatic heterocycles. The van der Waals surface area contributed by atoms with Gasteiger partial charge in [-0.2, -0.15) is 5.10 Å². The van der Waals surface area contributed by atoms with Crippen molar-refractivity contribution in [3.8, 4) is 0 Å². The molecule has 6 rings (SSSR count). The largest absolute Gasteiger partial charge is 0.378 e. The number of hydrogen-bond acceptors (Lipinski definition) is 6. The number of halogens is 3. The van der Waals surface area contributed by atoms with Crippen molar-refractivity contribution in [1.82, 2.24) is 24.6 Å². The second kappa shape index (κ2) is 8.09. The third kappa shape index (κ3) is 3.73. The molecule has 1 aliphatic carbocycles. The Morgan fingerprint density at radius 3 is 2.66 bits per heavy atom. The number of hydrogen-bond donors (Lipinski definition) is 1. The van der Waals surface area contributed by atoms with Crippen LogP contribution in [0, 0.1) is 0 Å². The van der Waals surface area contributed by atoms with E-state index in [0.29, 0.717) is 53.7 Å². The zero-order valence-electron chi connectivity index (χ0n) is 17.3. The second-order valence-corrected chi connectivity index (χ2v) is 9.64. The lowest BCUT2D eigenvalue weighted by atomic mass is 9.86. The molecule has 7 nitrogen and oxygen atoms in total. The number of nitrogens with one attached hydrogen (secondary N) is 1. The maximum atomic E-state index is 15.2. The summed E-state index contributed by atoms with van der Waals surface area (Å²) in [6.07, 6.45) is 5.34. The predicted octanol–water partition coefficient (Wildman–Crippen LogP) is 4.74. The van der Waals surface area contributed by atoms with Crippen LogP contribution < -0.4 is 5.32 Å². The normalized spacial score (nSPS) is 24.6. The van der Waals surface area contributed by atoms with Crippen LogP contribution in [-0.4, -0.2) is 63.2 Å². The average molecular weight is 477 g/mol. The first-order valence-electron chi connectivity index (χ1n) is 11.0. The van der Waals surface area contributed by atoms with Crippen LogP contribution in [0.4, 0.5) is 16.0 Å². The highest BCUT2D eigenvalue weighted by Crippen LogP contribution is 2.40. The molecule has 10 heteroatoms. The molecule has 2 atom stereocenters. The zero-order valence-corrected chi connectivity index (χ0v) is 18.9. The van der Waals surface area contributed by atoms with Crippen LogP contribution in [0.15, 0.2) is 24.5 Å². The summed E-state index contributed by atoms with van der Waals surface area (Å²) in [4.78, 5) is 11.2. The van der Waals surface area contributed by atoms with Crippen LogP contribution in [0.2, 0.25) is 10.2 Å². The van der Waals surface area contributed by atoms with Gasteiger partial charge in [-0.15, -0.1) is 0 Å². The number of anilines is 2. The van der Waals surface area contributed by atoms with Gasteiger partial charge >= 0.3 is 0 Å². The molecule has 1 saturated carbocycles. The highest BCUT2D eigenvalue weighted by atomic mass is 35.5. The first-order chi connectivity index (χ1) is 15.6. The Labute approximate surface area is 194 Å². The Bertz CT molecular complexity index is 1160. The molecule has 2 aliphatic heterocycles. The van der Waals surface area contributed by atoms with Gasteiger partial charge in [-0.05, 0) is 43.5 Å². The Hall–Kier alpha value is -2.00. The number of piperidine rings is 1. The second-order valence-electron chi connectivity index (χ2n) is 8.87. The molecule has 1 aromatic carbocycles. The van der Waals surface area contributed by atoms with Crippen LogP contribution >= 0.6 is 23.2 Å². The number of ether oxygens (including phenoxy) is 1. The smallest absolute Gasteiger partial charge is 0.227 e. The summed E-state index contributed by atoms with van der Waals surface area (Å²) in [5.74, 6) is 0.168. The monoisotopic (exact) mass is 476 g/mol. The molecule has 0 unspecified atom stereocenters. The highest BCUT2D eigenvalue weighted by Gasteiger charge is 2.36. The fourth-order valence-electron chi connectivity index (χ4n) is 4.58. The van der Waals surface area contributed by atoms with Crippen molar-refractivity contribution < 1.29 is 9.13 Å². The van der Waals surface area contributed by atoms with Gasteiger partial charge in [0.05, 0.1) is 42.7 Å². The zero-order chi connectivity index (χ0) is 21.8. The Morgan fingerprint density at radius 2 is 1.94 bits per heavy atom.